The minimum Gasteiger partial charge on any atom is -0.507 e. The molecular formula is C26H24N2O8S. The van der Waals surface area contributed by atoms with E-state index in [0.717, 1.165) is 0 Å². The van der Waals surface area contributed by atoms with Crippen molar-refractivity contribution in [1.82, 2.24) is 0 Å². The van der Waals surface area contributed by atoms with Crippen molar-refractivity contribution in [2.75, 3.05) is 26.2 Å². The Hall–Kier alpha value is -4.35. The highest BCUT2D eigenvalue weighted by atomic mass is 32.2. The third-order valence-corrected chi connectivity index (χ3v) is 6.91. The zero-order valence-electron chi connectivity index (χ0n) is 20.2. The van der Waals surface area contributed by atoms with Crippen molar-refractivity contribution in [3.8, 4) is 17.2 Å². The third-order valence-electron chi connectivity index (χ3n) is 5.98. The van der Waals surface area contributed by atoms with Crippen LogP contribution in [0.25, 0.3) is 5.76 Å². The number of anilines is 1. The van der Waals surface area contributed by atoms with Crippen molar-refractivity contribution >= 4 is 33.2 Å². The van der Waals surface area contributed by atoms with E-state index in [-0.39, 0.29) is 21.7 Å². The maximum absolute atomic E-state index is 13.3. The number of benzene rings is 3. The van der Waals surface area contributed by atoms with Crippen molar-refractivity contribution in [3.05, 3.63) is 83.4 Å². The van der Waals surface area contributed by atoms with Gasteiger partial charge >= 0.3 is 0 Å². The second-order valence-electron chi connectivity index (χ2n) is 8.05. The molecule has 0 spiro atoms. The number of hydrogen-bond donors (Lipinski definition) is 2. The van der Waals surface area contributed by atoms with Gasteiger partial charge in [-0.1, -0.05) is 12.1 Å². The van der Waals surface area contributed by atoms with Crippen molar-refractivity contribution in [1.29, 1.82) is 0 Å². The lowest BCUT2D eigenvalue weighted by atomic mass is 9.95. The summed E-state index contributed by atoms with van der Waals surface area (Å²) in [4.78, 5) is 27.6. The second-order valence-corrected chi connectivity index (χ2v) is 9.61. The number of ether oxygens (including phenoxy) is 3. The normalized spacial score (nSPS) is 17.1. The van der Waals surface area contributed by atoms with E-state index in [0.29, 0.717) is 22.8 Å². The molecule has 3 N–H and O–H groups in total. The van der Waals surface area contributed by atoms with Gasteiger partial charge in [0.05, 0.1) is 37.8 Å². The summed E-state index contributed by atoms with van der Waals surface area (Å²) in [7, 11) is 0.436. The zero-order chi connectivity index (χ0) is 26.9. The molecule has 1 atom stereocenters. The summed E-state index contributed by atoms with van der Waals surface area (Å²) in [6.45, 7) is 0. The van der Waals surface area contributed by atoms with E-state index in [1.807, 2.05) is 0 Å². The van der Waals surface area contributed by atoms with E-state index in [2.05, 4.69) is 0 Å². The van der Waals surface area contributed by atoms with E-state index in [9.17, 15) is 23.1 Å². The number of nitrogens with zero attached hydrogens (tertiary/aromatic N) is 1. The van der Waals surface area contributed by atoms with Crippen molar-refractivity contribution in [2.24, 2.45) is 5.14 Å². The fourth-order valence-electron chi connectivity index (χ4n) is 4.14. The van der Waals surface area contributed by atoms with Gasteiger partial charge in [0.25, 0.3) is 11.7 Å². The number of aliphatic hydroxyl groups excluding tert-OH is 1. The van der Waals surface area contributed by atoms with Crippen LogP contribution >= 0.6 is 0 Å². The lowest BCUT2D eigenvalue weighted by Crippen LogP contribution is -2.29. The number of sulfonamides is 1. The van der Waals surface area contributed by atoms with E-state index >= 15 is 0 Å². The van der Waals surface area contributed by atoms with Gasteiger partial charge in [0.2, 0.25) is 10.0 Å². The molecule has 0 aliphatic carbocycles. The van der Waals surface area contributed by atoms with Gasteiger partial charge in [-0.3, -0.25) is 14.5 Å². The summed E-state index contributed by atoms with van der Waals surface area (Å²) in [5.41, 5.74) is 0.830. The van der Waals surface area contributed by atoms with Gasteiger partial charge in [0.1, 0.15) is 11.5 Å². The van der Waals surface area contributed by atoms with Gasteiger partial charge in [-0.25, -0.2) is 13.6 Å². The van der Waals surface area contributed by atoms with Crippen LogP contribution in [-0.2, 0) is 19.6 Å². The van der Waals surface area contributed by atoms with Crippen LogP contribution in [-0.4, -0.2) is 46.5 Å². The van der Waals surface area contributed by atoms with E-state index in [1.54, 1.807) is 30.3 Å². The van der Waals surface area contributed by atoms with Gasteiger partial charge in [-0.2, -0.15) is 0 Å². The molecule has 1 fully saturated rings. The Bertz CT molecular complexity index is 1500. The first-order valence-corrected chi connectivity index (χ1v) is 12.5. The molecular weight excluding hydrogens is 500 g/mol. The number of amides is 1. The number of hydrogen-bond acceptors (Lipinski definition) is 8. The molecule has 11 heteroatoms. The molecule has 1 heterocycles. The molecule has 192 valence electrons. The first-order chi connectivity index (χ1) is 17.6. The summed E-state index contributed by atoms with van der Waals surface area (Å²) < 4.78 is 39.2. The van der Waals surface area contributed by atoms with Crippen LogP contribution in [0.5, 0.6) is 17.2 Å². The number of carbonyl (C=O) groups is 2. The van der Waals surface area contributed by atoms with Gasteiger partial charge in [-0.05, 0) is 60.2 Å². The number of Topliss-reactive ketones (excluding diaryl/α,β-unsaturated/α-hetero) is 1. The monoisotopic (exact) mass is 524 g/mol. The molecule has 1 unspecified atom stereocenters. The highest BCUT2D eigenvalue weighted by Crippen LogP contribution is 2.43. The first-order valence-electron chi connectivity index (χ1n) is 10.9. The minimum atomic E-state index is -3.97. The molecule has 37 heavy (non-hydrogen) atoms. The van der Waals surface area contributed by atoms with Gasteiger partial charge in [0.15, 0.2) is 11.5 Å². The maximum atomic E-state index is 13.3. The van der Waals surface area contributed by atoms with Gasteiger partial charge in [0, 0.05) is 11.3 Å². The smallest absolute Gasteiger partial charge is 0.300 e. The molecule has 0 radical (unpaired) electrons. The van der Waals surface area contributed by atoms with Gasteiger partial charge in [-0.15, -0.1) is 0 Å². The highest BCUT2D eigenvalue weighted by molar-refractivity contribution is 7.89. The lowest BCUT2D eigenvalue weighted by molar-refractivity contribution is -0.132. The molecule has 3 aromatic carbocycles. The predicted molar refractivity (Wildman–Crippen MR) is 135 cm³/mol. The number of nitrogens with two attached hydrogens (primary N) is 1. The number of methoxy groups -OCH3 is 3. The van der Waals surface area contributed by atoms with Crippen LogP contribution in [0.2, 0.25) is 0 Å². The fourth-order valence-corrected chi connectivity index (χ4v) is 4.65. The van der Waals surface area contributed by atoms with E-state index in [1.165, 1.54) is 62.6 Å². The molecule has 0 aromatic heterocycles. The quantitative estimate of drug-likeness (QED) is 0.273. The van der Waals surface area contributed by atoms with Crippen LogP contribution in [0.1, 0.15) is 17.2 Å². The summed E-state index contributed by atoms with van der Waals surface area (Å²) in [5.74, 6) is -0.932. The Kier molecular flexibility index (Phi) is 6.92. The predicted octanol–water partition coefficient (Wildman–Crippen LogP) is 2.99. The van der Waals surface area contributed by atoms with E-state index < -0.39 is 33.5 Å². The largest absolute Gasteiger partial charge is 0.507 e. The molecule has 1 aliphatic rings. The Morgan fingerprint density at radius 1 is 0.865 bits per heavy atom. The topological polar surface area (TPSA) is 145 Å². The molecule has 10 nitrogen and oxygen atoms in total. The Balaban J connectivity index is 1.92. The Morgan fingerprint density at radius 2 is 1.49 bits per heavy atom. The summed E-state index contributed by atoms with van der Waals surface area (Å²) in [6, 6.07) is 15.5. The average Bonchev–Trinajstić information content (AvgIpc) is 3.17. The van der Waals surface area contributed by atoms with Crippen molar-refractivity contribution in [3.63, 3.8) is 0 Å². The van der Waals surface area contributed by atoms with Crippen LogP contribution < -0.4 is 24.2 Å². The number of carbonyl (C=O) groups excluding carboxylic acids is 2. The molecule has 4 rings (SSSR count). The van der Waals surface area contributed by atoms with E-state index in [4.69, 9.17) is 19.3 Å². The molecule has 0 bridgehead atoms. The standard InChI is InChI=1S/C26H24N2O8S/c1-34-18-9-4-15(5-10-18)23-22(24(29)16-6-13-20(35-2)21(14-16)36-3)25(30)26(31)28(23)17-7-11-19(12-8-17)37(27,32)33/h4-14,23,29H,1-3H3,(H2,27,32,33)/b24-22+. The molecule has 1 aliphatic heterocycles. The highest BCUT2D eigenvalue weighted by Gasteiger charge is 2.47. The second kappa shape index (κ2) is 9.96. The minimum absolute atomic E-state index is 0.154. The molecule has 3 aromatic rings. The molecule has 1 amide bonds. The molecule has 1 saturated heterocycles. The van der Waals surface area contributed by atoms with Crippen molar-refractivity contribution < 1.29 is 37.3 Å². The number of primary sulfonamides is 1. The number of rotatable bonds is 7. The van der Waals surface area contributed by atoms with Crippen LogP contribution in [0.3, 0.4) is 0 Å². The SMILES string of the molecule is COc1ccc(C2/C(=C(\O)c3ccc(OC)c(OC)c3)C(=O)C(=O)N2c2ccc(S(N)(=O)=O)cc2)cc1. The van der Waals surface area contributed by atoms with Gasteiger partial charge < -0.3 is 19.3 Å². The fraction of sp³-hybridized carbons (Fsp3) is 0.154. The van der Waals surface area contributed by atoms with Crippen LogP contribution in [0.15, 0.2) is 77.2 Å². The number of ketones is 1. The Labute approximate surface area is 213 Å². The number of aliphatic hydroxyl groups is 1. The first kappa shape index (κ1) is 25.7. The Morgan fingerprint density at radius 3 is 2.03 bits per heavy atom. The summed E-state index contributed by atoms with van der Waals surface area (Å²) in [6.07, 6.45) is 0. The molecule has 0 saturated carbocycles. The van der Waals surface area contributed by atoms with Crippen molar-refractivity contribution in [2.45, 2.75) is 10.9 Å². The summed E-state index contributed by atoms with van der Waals surface area (Å²) in [5, 5.41) is 16.5. The van der Waals surface area contributed by atoms with Crippen LogP contribution in [0.4, 0.5) is 5.69 Å². The third kappa shape index (κ3) is 4.74. The lowest BCUT2D eigenvalue weighted by Gasteiger charge is -2.25. The zero-order valence-corrected chi connectivity index (χ0v) is 21.0. The van der Waals surface area contributed by atoms with Crippen LogP contribution in [0, 0.1) is 0 Å². The summed E-state index contributed by atoms with van der Waals surface area (Å²) >= 11 is 0. The average molecular weight is 525 g/mol. The maximum Gasteiger partial charge on any atom is 0.300 e.